The van der Waals surface area contributed by atoms with E-state index in [2.05, 4.69) is 17.1 Å². The molecule has 0 saturated carbocycles. The maximum Gasteiger partial charge on any atom is 0.251 e. The number of carbonyl (C=O) groups excluding carboxylic acids is 1. The van der Waals surface area contributed by atoms with Crippen LogP contribution in [-0.2, 0) is 0 Å². The molecule has 1 N–H and O–H groups in total. The van der Waals surface area contributed by atoms with E-state index in [1.807, 2.05) is 0 Å². The Hall–Kier alpha value is -1.42. The first-order valence-corrected chi connectivity index (χ1v) is 7.83. The highest BCUT2D eigenvalue weighted by molar-refractivity contribution is 5.94. The van der Waals surface area contributed by atoms with Crippen LogP contribution in [0.15, 0.2) is 18.2 Å². The molecule has 2 rings (SSSR count). The lowest BCUT2D eigenvalue weighted by Gasteiger charge is -2.30. The molecule has 1 aromatic rings. The number of rotatable bonds is 5. The zero-order chi connectivity index (χ0) is 15.2. The summed E-state index contributed by atoms with van der Waals surface area (Å²) in [4.78, 5) is 14.4. The van der Waals surface area contributed by atoms with Crippen LogP contribution in [0.25, 0.3) is 0 Å². The van der Waals surface area contributed by atoms with Gasteiger partial charge >= 0.3 is 0 Å². The molecule has 1 heterocycles. The largest absolute Gasteiger partial charge is 0.352 e. The molecule has 21 heavy (non-hydrogen) atoms. The summed E-state index contributed by atoms with van der Waals surface area (Å²) in [5, 5.41) is 2.91. The Morgan fingerprint density at radius 2 is 2.10 bits per heavy atom. The molecule has 1 fully saturated rings. The van der Waals surface area contributed by atoms with E-state index in [1.165, 1.54) is 38.1 Å². The van der Waals surface area contributed by atoms with E-state index in [-0.39, 0.29) is 11.7 Å². The summed E-state index contributed by atoms with van der Waals surface area (Å²) >= 11 is 0. The van der Waals surface area contributed by atoms with E-state index >= 15 is 0 Å². The van der Waals surface area contributed by atoms with Gasteiger partial charge in [0.1, 0.15) is 5.82 Å². The molecule has 0 bridgehead atoms. The van der Waals surface area contributed by atoms with Crippen LogP contribution >= 0.6 is 0 Å². The second-order valence-electron chi connectivity index (χ2n) is 6.10. The lowest BCUT2D eigenvalue weighted by molar-refractivity contribution is 0.0950. The van der Waals surface area contributed by atoms with Gasteiger partial charge in [0, 0.05) is 12.1 Å². The molecule has 0 atom stereocenters. The van der Waals surface area contributed by atoms with Crippen molar-refractivity contribution in [1.82, 2.24) is 10.2 Å². The summed E-state index contributed by atoms with van der Waals surface area (Å²) in [5.41, 5.74) is 1.03. The second-order valence-corrected chi connectivity index (χ2v) is 6.10. The zero-order valence-corrected chi connectivity index (χ0v) is 13.0. The van der Waals surface area contributed by atoms with Crippen molar-refractivity contribution in [1.29, 1.82) is 0 Å². The predicted octanol–water partition coefficient (Wildman–Crippen LogP) is 2.99. The third-order valence-electron chi connectivity index (χ3n) is 4.23. The average molecular weight is 292 g/mol. The maximum atomic E-state index is 13.2. The number of hydrogen-bond donors (Lipinski definition) is 1. The quantitative estimate of drug-likeness (QED) is 0.846. The van der Waals surface area contributed by atoms with E-state index in [1.54, 1.807) is 13.0 Å². The zero-order valence-electron chi connectivity index (χ0n) is 13.0. The fourth-order valence-electron chi connectivity index (χ4n) is 2.68. The smallest absolute Gasteiger partial charge is 0.251 e. The number of nitrogens with zero attached hydrogens (tertiary/aromatic N) is 1. The lowest BCUT2D eigenvalue weighted by atomic mass is 9.99. The number of aryl methyl sites for hydroxylation is 1. The summed E-state index contributed by atoms with van der Waals surface area (Å²) in [7, 11) is 0. The molecule has 1 saturated heterocycles. The Morgan fingerprint density at radius 1 is 1.38 bits per heavy atom. The highest BCUT2D eigenvalue weighted by atomic mass is 19.1. The minimum Gasteiger partial charge on any atom is -0.352 e. The minimum absolute atomic E-state index is 0.120. The van der Waals surface area contributed by atoms with Crippen molar-refractivity contribution in [2.75, 3.05) is 26.2 Å². The van der Waals surface area contributed by atoms with Crippen molar-refractivity contribution in [3.05, 3.63) is 35.1 Å². The van der Waals surface area contributed by atoms with Gasteiger partial charge in [-0.25, -0.2) is 4.39 Å². The summed E-state index contributed by atoms with van der Waals surface area (Å²) in [6.07, 6.45) is 3.52. The van der Waals surface area contributed by atoms with E-state index in [0.29, 0.717) is 17.7 Å². The Bertz CT molecular complexity index is 482. The van der Waals surface area contributed by atoms with Crippen LogP contribution in [0, 0.1) is 18.7 Å². The summed E-state index contributed by atoms with van der Waals surface area (Å²) in [6.45, 7) is 8.03. The van der Waals surface area contributed by atoms with Crippen molar-refractivity contribution in [3.8, 4) is 0 Å². The van der Waals surface area contributed by atoms with Crippen molar-refractivity contribution >= 4 is 5.91 Å². The molecular weight excluding hydrogens is 267 g/mol. The number of nitrogens with one attached hydrogen (secondary N) is 1. The van der Waals surface area contributed by atoms with Crippen molar-refractivity contribution < 1.29 is 9.18 Å². The van der Waals surface area contributed by atoms with Crippen LogP contribution in [0.3, 0.4) is 0 Å². The molecule has 0 radical (unpaired) electrons. The first-order valence-electron chi connectivity index (χ1n) is 7.83. The Balaban J connectivity index is 1.68. The van der Waals surface area contributed by atoms with Gasteiger partial charge < -0.3 is 10.2 Å². The summed E-state index contributed by atoms with van der Waals surface area (Å²) in [6, 6.07) is 4.47. The molecule has 3 nitrogen and oxygen atoms in total. The van der Waals surface area contributed by atoms with Crippen LogP contribution in [0.4, 0.5) is 4.39 Å². The molecule has 0 aromatic heterocycles. The van der Waals surface area contributed by atoms with Gasteiger partial charge in [0.15, 0.2) is 0 Å². The van der Waals surface area contributed by atoms with Crippen LogP contribution in [-0.4, -0.2) is 37.0 Å². The molecule has 4 heteroatoms. The van der Waals surface area contributed by atoms with Crippen molar-refractivity contribution in [2.45, 2.75) is 33.1 Å². The fourth-order valence-corrected chi connectivity index (χ4v) is 2.68. The van der Waals surface area contributed by atoms with Crippen LogP contribution in [0.2, 0.25) is 0 Å². The number of carbonyl (C=O) groups is 1. The number of amides is 1. The van der Waals surface area contributed by atoms with Crippen LogP contribution < -0.4 is 5.32 Å². The van der Waals surface area contributed by atoms with Gasteiger partial charge in [0.2, 0.25) is 0 Å². The Morgan fingerprint density at radius 3 is 2.76 bits per heavy atom. The molecule has 1 amide bonds. The first-order chi connectivity index (χ1) is 10.1. The standard InChI is InChI=1S/C17H25FN2O/c1-13-6-10-20(11-7-13)9-3-8-19-17(21)15-4-5-16(18)14(2)12-15/h4-5,12-13H,3,6-11H2,1-2H3,(H,19,21). The third kappa shape index (κ3) is 4.81. The van der Waals surface area contributed by atoms with Gasteiger partial charge in [-0.15, -0.1) is 0 Å². The van der Waals surface area contributed by atoms with Gasteiger partial charge in [-0.1, -0.05) is 6.92 Å². The van der Waals surface area contributed by atoms with E-state index in [0.717, 1.165) is 18.9 Å². The monoisotopic (exact) mass is 292 g/mol. The molecule has 0 aliphatic carbocycles. The minimum atomic E-state index is -0.272. The van der Waals surface area contributed by atoms with Crippen LogP contribution in [0.1, 0.15) is 42.1 Å². The SMILES string of the molecule is Cc1cc(C(=O)NCCCN2CCC(C)CC2)ccc1F. The highest BCUT2D eigenvalue weighted by Crippen LogP contribution is 2.15. The van der Waals surface area contributed by atoms with Crippen molar-refractivity contribution in [3.63, 3.8) is 0 Å². The number of piperidine rings is 1. The lowest BCUT2D eigenvalue weighted by Crippen LogP contribution is -2.35. The summed E-state index contributed by atoms with van der Waals surface area (Å²) in [5.74, 6) is 0.457. The van der Waals surface area contributed by atoms with Gasteiger partial charge in [-0.2, -0.15) is 0 Å². The first kappa shape index (κ1) is 16.0. The third-order valence-corrected chi connectivity index (χ3v) is 4.23. The van der Waals surface area contributed by atoms with Gasteiger partial charge in [0.25, 0.3) is 5.91 Å². The Labute approximate surface area is 126 Å². The Kier molecular flexibility index (Phi) is 5.74. The molecule has 1 aliphatic rings. The molecule has 0 unspecified atom stereocenters. The maximum absolute atomic E-state index is 13.2. The van der Waals surface area contributed by atoms with E-state index in [4.69, 9.17) is 0 Å². The molecule has 1 aromatic carbocycles. The van der Waals surface area contributed by atoms with Gasteiger partial charge in [0.05, 0.1) is 0 Å². The molecule has 116 valence electrons. The second kappa shape index (κ2) is 7.55. The summed E-state index contributed by atoms with van der Waals surface area (Å²) < 4.78 is 13.2. The van der Waals surface area contributed by atoms with Gasteiger partial charge in [-0.3, -0.25) is 4.79 Å². The molecular formula is C17H25FN2O. The topological polar surface area (TPSA) is 32.3 Å². The predicted molar refractivity (Wildman–Crippen MR) is 82.9 cm³/mol. The normalized spacial score (nSPS) is 16.9. The number of benzene rings is 1. The van der Waals surface area contributed by atoms with Crippen LogP contribution in [0.5, 0.6) is 0 Å². The molecule has 0 spiro atoms. The average Bonchev–Trinajstić information content (AvgIpc) is 2.48. The number of hydrogen-bond acceptors (Lipinski definition) is 2. The molecule has 1 aliphatic heterocycles. The highest BCUT2D eigenvalue weighted by Gasteiger charge is 2.15. The number of halogens is 1. The number of likely N-dealkylation sites (tertiary alicyclic amines) is 1. The van der Waals surface area contributed by atoms with Gasteiger partial charge in [-0.05, 0) is 75.5 Å². The van der Waals surface area contributed by atoms with Crippen molar-refractivity contribution in [2.24, 2.45) is 5.92 Å². The van der Waals surface area contributed by atoms with E-state index in [9.17, 15) is 9.18 Å². The fraction of sp³-hybridized carbons (Fsp3) is 0.588. The van der Waals surface area contributed by atoms with E-state index < -0.39 is 0 Å².